The van der Waals surface area contributed by atoms with Crippen LogP contribution in [0.2, 0.25) is 0 Å². The van der Waals surface area contributed by atoms with Gasteiger partial charge >= 0.3 is 6.03 Å². The van der Waals surface area contributed by atoms with Crippen LogP contribution in [-0.2, 0) is 20.1 Å². The molecular formula is C12H19N7O. The van der Waals surface area contributed by atoms with Crippen molar-refractivity contribution < 1.29 is 4.79 Å². The molecule has 8 heteroatoms. The second-order valence-corrected chi connectivity index (χ2v) is 4.49. The summed E-state index contributed by atoms with van der Waals surface area (Å²) in [6, 6.07) is -0.350. The van der Waals surface area contributed by atoms with Gasteiger partial charge in [0.1, 0.15) is 12.2 Å². The van der Waals surface area contributed by atoms with Gasteiger partial charge in [-0.25, -0.2) is 14.8 Å². The summed E-state index contributed by atoms with van der Waals surface area (Å²) in [5, 5.41) is 9.38. The number of aryl methyl sites for hydroxylation is 2. The highest BCUT2D eigenvalue weighted by atomic mass is 16.2. The molecule has 2 aromatic heterocycles. The number of carbonyl (C=O) groups excluding carboxylic acids is 1. The first-order valence-corrected chi connectivity index (χ1v) is 6.44. The van der Waals surface area contributed by atoms with Crippen molar-refractivity contribution in [3.05, 3.63) is 23.5 Å². The quantitative estimate of drug-likeness (QED) is 0.871. The fraction of sp³-hybridized carbons (Fsp3) is 0.500. The Labute approximate surface area is 117 Å². The van der Waals surface area contributed by atoms with E-state index in [9.17, 15) is 4.79 Å². The van der Waals surface area contributed by atoms with Gasteiger partial charge in [-0.05, 0) is 20.8 Å². The summed E-state index contributed by atoms with van der Waals surface area (Å²) in [6.07, 6.45) is 1.57. The Morgan fingerprint density at radius 1 is 1.40 bits per heavy atom. The Morgan fingerprint density at radius 2 is 2.15 bits per heavy atom. The standard InChI is InChI=1S/C12H19N7O/c1-5-19-7-14-11(17-19)16-12(20)13-6-10-15-8(2)9(3)18(10)4/h7H,5-6H2,1-4H3,(H2,13,16,17,20). The summed E-state index contributed by atoms with van der Waals surface area (Å²) in [4.78, 5) is 20.1. The van der Waals surface area contributed by atoms with Gasteiger partial charge < -0.3 is 9.88 Å². The number of amides is 2. The molecule has 0 atom stereocenters. The SMILES string of the molecule is CCn1cnc(NC(=O)NCc2nc(C)c(C)n2C)n1. The normalized spacial score (nSPS) is 10.6. The van der Waals surface area contributed by atoms with Crippen molar-refractivity contribution in [2.75, 3.05) is 5.32 Å². The minimum atomic E-state index is -0.350. The van der Waals surface area contributed by atoms with Crippen LogP contribution in [0, 0.1) is 13.8 Å². The van der Waals surface area contributed by atoms with Crippen LogP contribution in [0.15, 0.2) is 6.33 Å². The molecule has 2 N–H and O–H groups in total. The highest BCUT2D eigenvalue weighted by Crippen LogP contribution is 2.07. The number of nitrogens with one attached hydrogen (secondary N) is 2. The number of hydrogen-bond acceptors (Lipinski definition) is 4. The monoisotopic (exact) mass is 277 g/mol. The van der Waals surface area contributed by atoms with Crippen molar-refractivity contribution in [2.24, 2.45) is 7.05 Å². The number of rotatable bonds is 4. The fourth-order valence-electron chi connectivity index (χ4n) is 1.75. The van der Waals surface area contributed by atoms with Gasteiger partial charge in [0.15, 0.2) is 0 Å². The molecule has 0 unspecified atom stereocenters. The van der Waals surface area contributed by atoms with Gasteiger partial charge in [-0.1, -0.05) is 0 Å². The van der Waals surface area contributed by atoms with E-state index in [2.05, 4.69) is 25.7 Å². The zero-order valence-corrected chi connectivity index (χ0v) is 12.1. The van der Waals surface area contributed by atoms with Gasteiger partial charge in [-0.3, -0.25) is 10.00 Å². The second-order valence-electron chi connectivity index (χ2n) is 4.49. The molecule has 0 saturated heterocycles. The van der Waals surface area contributed by atoms with Crippen molar-refractivity contribution in [3.63, 3.8) is 0 Å². The van der Waals surface area contributed by atoms with E-state index >= 15 is 0 Å². The van der Waals surface area contributed by atoms with Crippen LogP contribution >= 0.6 is 0 Å². The third-order valence-electron chi connectivity index (χ3n) is 3.20. The third kappa shape index (κ3) is 2.95. The molecule has 2 rings (SSSR count). The van der Waals surface area contributed by atoms with Crippen molar-refractivity contribution in [1.82, 2.24) is 29.6 Å². The molecule has 0 radical (unpaired) electrons. The summed E-state index contributed by atoms with van der Waals surface area (Å²) in [5.41, 5.74) is 2.05. The Morgan fingerprint density at radius 3 is 2.70 bits per heavy atom. The van der Waals surface area contributed by atoms with Crippen LogP contribution in [0.3, 0.4) is 0 Å². The Kier molecular flexibility index (Phi) is 4.02. The van der Waals surface area contributed by atoms with E-state index in [1.54, 1.807) is 11.0 Å². The van der Waals surface area contributed by atoms with Crippen LogP contribution in [-0.4, -0.2) is 30.3 Å². The predicted molar refractivity (Wildman–Crippen MR) is 74.2 cm³/mol. The maximum absolute atomic E-state index is 11.7. The van der Waals surface area contributed by atoms with Gasteiger partial charge in [-0.15, -0.1) is 5.10 Å². The molecule has 108 valence electrons. The van der Waals surface area contributed by atoms with E-state index in [0.29, 0.717) is 13.1 Å². The summed E-state index contributed by atoms with van der Waals surface area (Å²) < 4.78 is 3.60. The largest absolute Gasteiger partial charge is 0.334 e. The van der Waals surface area contributed by atoms with Gasteiger partial charge in [-0.2, -0.15) is 0 Å². The number of carbonyl (C=O) groups is 1. The summed E-state index contributed by atoms with van der Waals surface area (Å²) >= 11 is 0. The molecular weight excluding hydrogens is 258 g/mol. The highest BCUT2D eigenvalue weighted by molar-refractivity contribution is 5.87. The fourth-order valence-corrected chi connectivity index (χ4v) is 1.75. The van der Waals surface area contributed by atoms with Crippen molar-refractivity contribution >= 4 is 12.0 Å². The van der Waals surface area contributed by atoms with Crippen LogP contribution < -0.4 is 10.6 Å². The lowest BCUT2D eigenvalue weighted by molar-refractivity contribution is 0.251. The van der Waals surface area contributed by atoms with Crippen LogP contribution in [0.5, 0.6) is 0 Å². The molecule has 0 saturated carbocycles. The smallest absolute Gasteiger partial charge is 0.322 e. The number of imidazole rings is 1. The van der Waals surface area contributed by atoms with E-state index in [1.807, 2.05) is 32.4 Å². The maximum Gasteiger partial charge on any atom is 0.322 e. The first kappa shape index (κ1) is 14.0. The second kappa shape index (κ2) is 5.72. The lowest BCUT2D eigenvalue weighted by Gasteiger charge is -2.05. The molecule has 2 heterocycles. The molecule has 0 bridgehead atoms. The lowest BCUT2D eigenvalue weighted by Crippen LogP contribution is -2.29. The molecule has 20 heavy (non-hydrogen) atoms. The van der Waals surface area contributed by atoms with Gasteiger partial charge in [0.05, 0.1) is 12.2 Å². The van der Waals surface area contributed by atoms with E-state index < -0.39 is 0 Å². The highest BCUT2D eigenvalue weighted by Gasteiger charge is 2.10. The molecule has 8 nitrogen and oxygen atoms in total. The average molecular weight is 277 g/mol. The summed E-state index contributed by atoms with van der Waals surface area (Å²) in [7, 11) is 1.93. The van der Waals surface area contributed by atoms with Crippen molar-refractivity contribution in [3.8, 4) is 0 Å². The number of aromatic nitrogens is 5. The van der Waals surface area contributed by atoms with Crippen LogP contribution in [0.25, 0.3) is 0 Å². The van der Waals surface area contributed by atoms with Crippen molar-refractivity contribution in [2.45, 2.75) is 33.9 Å². The predicted octanol–water partition coefficient (Wildman–Crippen LogP) is 0.970. The zero-order valence-electron chi connectivity index (χ0n) is 12.1. The van der Waals surface area contributed by atoms with E-state index in [1.165, 1.54) is 0 Å². The summed E-state index contributed by atoms with van der Waals surface area (Å²) in [5.74, 6) is 1.10. The van der Waals surface area contributed by atoms with E-state index in [4.69, 9.17) is 0 Å². The Balaban J connectivity index is 1.90. The van der Waals surface area contributed by atoms with Gasteiger partial charge in [0, 0.05) is 19.3 Å². The molecule has 0 aliphatic rings. The number of nitrogens with zero attached hydrogens (tertiary/aromatic N) is 5. The molecule has 0 aliphatic carbocycles. The maximum atomic E-state index is 11.7. The van der Waals surface area contributed by atoms with Gasteiger partial charge in [0.2, 0.25) is 5.95 Å². The Hall–Kier alpha value is -2.38. The first-order valence-electron chi connectivity index (χ1n) is 6.44. The topological polar surface area (TPSA) is 89.7 Å². The van der Waals surface area contributed by atoms with Crippen LogP contribution in [0.1, 0.15) is 24.1 Å². The average Bonchev–Trinajstić information content (AvgIpc) is 2.97. The number of hydrogen-bond donors (Lipinski definition) is 2. The third-order valence-corrected chi connectivity index (χ3v) is 3.20. The molecule has 0 aromatic carbocycles. The van der Waals surface area contributed by atoms with Crippen molar-refractivity contribution in [1.29, 1.82) is 0 Å². The Bertz CT molecular complexity index is 613. The number of anilines is 1. The summed E-state index contributed by atoms with van der Waals surface area (Å²) in [6.45, 7) is 6.95. The minimum absolute atomic E-state index is 0.288. The minimum Gasteiger partial charge on any atom is -0.334 e. The van der Waals surface area contributed by atoms with E-state index in [-0.39, 0.29) is 12.0 Å². The molecule has 0 fully saturated rings. The van der Waals surface area contributed by atoms with Crippen LogP contribution in [0.4, 0.5) is 10.7 Å². The zero-order chi connectivity index (χ0) is 14.7. The van der Waals surface area contributed by atoms with E-state index in [0.717, 1.165) is 17.2 Å². The lowest BCUT2D eigenvalue weighted by atomic mass is 10.4. The molecule has 0 aliphatic heterocycles. The number of urea groups is 1. The molecule has 0 spiro atoms. The first-order chi connectivity index (χ1) is 9.51. The molecule has 2 aromatic rings. The molecule has 2 amide bonds. The van der Waals surface area contributed by atoms with Gasteiger partial charge in [0.25, 0.3) is 0 Å².